The molecule has 3 rings (SSSR count). The zero-order valence-electron chi connectivity index (χ0n) is 9.74. The molecule has 1 N–H and O–H groups in total. The van der Waals surface area contributed by atoms with E-state index in [0.29, 0.717) is 6.42 Å². The van der Waals surface area contributed by atoms with Crippen LogP contribution in [0.25, 0.3) is 21.8 Å². The summed E-state index contributed by atoms with van der Waals surface area (Å²) in [5.74, 6) is 0. The van der Waals surface area contributed by atoms with Crippen molar-refractivity contribution in [2.45, 2.75) is 6.42 Å². The van der Waals surface area contributed by atoms with Gasteiger partial charge < -0.3 is 5.11 Å². The van der Waals surface area contributed by atoms with Crippen molar-refractivity contribution in [2.75, 3.05) is 0 Å². The van der Waals surface area contributed by atoms with Gasteiger partial charge in [-0.15, -0.1) is 0 Å². The van der Waals surface area contributed by atoms with Crippen LogP contribution in [0.5, 0.6) is 0 Å². The normalized spacial score (nSPS) is 11.6. The Kier molecular flexibility index (Phi) is 2.65. The van der Waals surface area contributed by atoms with Gasteiger partial charge >= 0.3 is 0 Å². The van der Waals surface area contributed by atoms with Crippen molar-refractivity contribution in [2.24, 2.45) is 0 Å². The SMILES string of the molecule is OC=CCc1ccc2ccc3cccnc3c2n1. The Morgan fingerprint density at radius 1 is 1.00 bits per heavy atom. The number of hydrogen-bond acceptors (Lipinski definition) is 3. The van der Waals surface area contributed by atoms with E-state index in [1.54, 1.807) is 12.3 Å². The largest absolute Gasteiger partial charge is 0.516 e. The summed E-state index contributed by atoms with van der Waals surface area (Å²) in [7, 11) is 0. The molecule has 0 atom stereocenters. The van der Waals surface area contributed by atoms with E-state index in [9.17, 15) is 0 Å². The van der Waals surface area contributed by atoms with Gasteiger partial charge in [-0.05, 0) is 18.2 Å². The second kappa shape index (κ2) is 4.45. The van der Waals surface area contributed by atoms with E-state index in [2.05, 4.69) is 22.1 Å². The minimum Gasteiger partial charge on any atom is -0.516 e. The molecule has 0 bridgehead atoms. The maximum Gasteiger partial charge on any atom is 0.0967 e. The highest BCUT2D eigenvalue weighted by Gasteiger charge is 2.03. The van der Waals surface area contributed by atoms with E-state index in [1.165, 1.54) is 0 Å². The molecule has 3 nitrogen and oxygen atoms in total. The third kappa shape index (κ3) is 1.80. The van der Waals surface area contributed by atoms with Gasteiger partial charge in [0.2, 0.25) is 0 Å². The maximum atomic E-state index is 8.69. The highest BCUT2D eigenvalue weighted by Crippen LogP contribution is 2.22. The molecule has 0 aliphatic heterocycles. The molecule has 0 radical (unpaired) electrons. The minimum atomic E-state index is 0.621. The highest BCUT2D eigenvalue weighted by atomic mass is 16.2. The number of aliphatic hydroxyl groups excluding tert-OH is 1. The molecule has 0 amide bonds. The van der Waals surface area contributed by atoms with Gasteiger partial charge in [-0.1, -0.05) is 24.3 Å². The molecule has 0 spiro atoms. The fourth-order valence-electron chi connectivity index (χ4n) is 2.05. The van der Waals surface area contributed by atoms with Gasteiger partial charge in [0.1, 0.15) is 0 Å². The predicted molar refractivity (Wildman–Crippen MR) is 72.5 cm³/mol. The fraction of sp³-hybridized carbons (Fsp3) is 0.0667. The van der Waals surface area contributed by atoms with E-state index in [-0.39, 0.29) is 0 Å². The van der Waals surface area contributed by atoms with Crippen LogP contribution in [0, 0.1) is 0 Å². The number of benzene rings is 1. The molecule has 1 aromatic carbocycles. The monoisotopic (exact) mass is 236 g/mol. The van der Waals surface area contributed by atoms with Gasteiger partial charge in [0, 0.05) is 29.1 Å². The zero-order valence-corrected chi connectivity index (χ0v) is 9.74. The summed E-state index contributed by atoms with van der Waals surface area (Å²) >= 11 is 0. The third-order valence-corrected chi connectivity index (χ3v) is 2.92. The fourth-order valence-corrected chi connectivity index (χ4v) is 2.05. The molecule has 0 aliphatic carbocycles. The molecule has 0 aliphatic rings. The van der Waals surface area contributed by atoms with Gasteiger partial charge in [0.25, 0.3) is 0 Å². The molecule has 2 heterocycles. The number of fused-ring (bicyclic) bond motifs is 3. The van der Waals surface area contributed by atoms with E-state index in [0.717, 1.165) is 33.8 Å². The van der Waals surface area contributed by atoms with Crippen LogP contribution in [0.4, 0.5) is 0 Å². The summed E-state index contributed by atoms with van der Waals surface area (Å²) in [6.07, 6.45) is 5.12. The van der Waals surface area contributed by atoms with Gasteiger partial charge in [-0.2, -0.15) is 0 Å². The van der Waals surface area contributed by atoms with Gasteiger partial charge in [-0.3, -0.25) is 9.97 Å². The molecular formula is C15H12N2O. The standard InChI is InChI=1S/C15H12N2O/c18-10-2-4-13-8-7-12-6-5-11-3-1-9-16-14(11)15(12)17-13/h1-3,5-10,18H,4H2. The van der Waals surface area contributed by atoms with Crippen LogP contribution in [-0.4, -0.2) is 15.1 Å². The third-order valence-electron chi connectivity index (χ3n) is 2.92. The second-order valence-electron chi connectivity index (χ2n) is 4.10. The number of allylic oxidation sites excluding steroid dienone is 1. The predicted octanol–water partition coefficient (Wildman–Crippen LogP) is 3.40. The number of rotatable bonds is 2. The first-order valence-corrected chi connectivity index (χ1v) is 5.81. The molecule has 3 aromatic rings. The van der Waals surface area contributed by atoms with Gasteiger partial charge in [0.05, 0.1) is 17.3 Å². The van der Waals surface area contributed by atoms with Crippen LogP contribution in [0.1, 0.15) is 5.69 Å². The van der Waals surface area contributed by atoms with Crippen molar-refractivity contribution in [1.82, 2.24) is 9.97 Å². The Bertz CT molecular complexity index is 735. The lowest BCUT2D eigenvalue weighted by Crippen LogP contribution is -1.90. The second-order valence-corrected chi connectivity index (χ2v) is 4.10. The maximum absolute atomic E-state index is 8.69. The Morgan fingerprint density at radius 2 is 1.78 bits per heavy atom. The molecule has 0 unspecified atom stereocenters. The summed E-state index contributed by atoms with van der Waals surface area (Å²) in [5.41, 5.74) is 2.76. The molecule has 0 saturated carbocycles. The van der Waals surface area contributed by atoms with Crippen LogP contribution in [0.2, 0.25) is 0 Å². The summed E-state index contributed by atoms with van der Waals surface area (Å²) in [6.45, 7) is 0. The molecule has 0 fully saturated rings. The Balaban J connectivity index is 2.26. The van der Waals surface area contributed by atoms with Crippen molar-refractivity contribution >= 4 is 21.8 Å². The molecule has 0 saturated heterocycles. The Hall–Kier alpha value is -2.42. The summed E-state index contributed by atoms with van der Waals surface area (Å²) < 4.78 is 0. The van der Waals surface area contributed by atoms with Crippen LogP contribution in [0.3, 0.4) is 0 Å². The number of hydrogen-bond donors (Lipinski definition) is 1. The average Bonchev–Trinajstić information content (AvgIpc) is 2.45. The Labute approximate surface area is 104 Å². The summed E-state index contributed by atoms with van der Waals surface area (Å²) in [5, 5.41) is 10.9. The van der Waals surface area contributed by atoms with Crippen molar-refractivity contribution in [3.05, 3.63) is 60.6 Å². The molecule has 88 valence electrons. The number of nitrogens with zero attached hydrogens (tertiary/aromatic N) is 2. The Morgan fingerprint density at radius 3 is 2.61 bits per heavy atom. The molecule has 3 heteroatoms. The molecule has 18 heavy (non-hydrogen) atoms. The lowest BCUT2D eigenvalue weighted by atomic mass is 10.1. The first kappa shape index (κ1) is 10.7. The highest BCUT2D eigenvalue weighted by molar-refractivity contribution is 6.02. The minimum absolute atomic E-state index is 0.621. The van der Waals surface area contributed by atoms with Gasteiger partial charge in [0.15, 0.2) is 0 Å². The average molecular weight is 236 g/mol. The topological polar surface area (TPSA) is 46.0 Å². The summed E-state index contributed by atoms with van der Waals surface area (Å²) in [4.78, 5) is 9.02. The van der Waals surface area contributed by atoms with Crippen molar-refractivity contribution in [3.63, 3.8) is 0 Å². The van der Waals surface area contributed by atoms with Crippen molar-refractivity contribution < 1.29 is 5.11 Å². The molecular weight excluding hydrogens is 224 g/mol. The van der Waals surface area contributed by atoms with E-state index in [1.807, 2.05) is 24.3 Å². The number of aliphatic hydroxyl groups is 1. The first-order valence-electron chi connectivity index (χ1n) is 5.81. The van der Waals surface area contributed by atoms with Crippen molar-refractivity contribution in [3.8, 4) is 0 Å². The number of pyridine rings is 2. The lowest BCUT2D eigenvalue weighted by Gasteiger charge is -2.04. The van der Waals surface area contributed by atoms with Crippen LogP contribution in [-0.2, 0) is 6.42 Å². The van der Waals surface area contributed by atoms with Crippen LogP contribution < -0.4 is 0 Å². The van der Waals surface area contributed by atoms with Crippen LogP contribution >= 0.6 is 0 Å². The number of aromatic nitrogens is 2. The lowest BCUT2D eigenvalue weighted by molar-refractivity contribution is 0.471. The van der Waals surface area contributed by atoms with E-state index >= 15 is 0 Å². The van der Waals surface area contributed by atoms with E-state index in [4.69, 9.17) is 5.11 Å². The summed E-state index contributed by atoms with van der Waals surface area (Å²) in [6, 6.07) is 12.1. The smallest absolute Gasteiger partial charge is 0.0967 e. The zero-order chi connectivity index (χ0) is 12.4. The molecule has 2 aromatic heterocycles. The first-order chi connectivity index (χ1) is 8.88. The van der Waals surface area contributed by atoms with E-state index < -0.39 is 0 Å². The van der Waals surface area contributed by atoms with Crippen LogP contribution in [0.15, 0.2) is 54.9 Å². The quantitative estimate of drug-likeness (QED) is 0.548. The van der Waals surface area contributed by atoms with Gasteiger partial charge in [-0.25, -0.2) is 0 Å². The van der Waals surface area contributed by atoms with Crippen molar-refractivity contribution in [1.29, 1.82) is 0 Å².